The quantitative estimate of drug-likeness (QED) is 0.414. The number of likely N-dealkylation sites (N-methyl/N-ethyl adjacent to an activating group) is 2. The van der Waals surface area contributed by atoms with E-state index in [2.05, 4.69) is 16.0 Å². The summed E-state index contributed by atoms with van der Waals surface area (Å²) in [6.07, 6.45) is -3.14. The molecule has 184 valence electrons. The van der Waals surface area contributed by atoms with Crippen molar-refractivity contribution in [3.05, 3.63) is 71.8 Å². The van der Waals surface area contributed by atoms with Crippen LogP contribution in [-0.4, -0.2) is 41.0 Å². The van der Waals surface area contributed by atoms with Crippen molar-refractivity contribution in [2.24, 2.45) is 0 Å². The number of aromatic nitrogens is 2. The summed E-state index contributed by atoms with van der Waals surface area (Å²) >= 11 is 0. The van der Waals surface area contributed by atoms with Crippen LogP contribution in [0.1, 0.15) is 31.0 Å². The first kappa shape index (κ1) is 25.9. The number of hydrogen-bond acceptors (Lipinski definition) is 6. The first-order valence-electron chi connectivity index (χ1n) is 11.1. The van der Waals surface area contributed by atoms with Gasteiger partial charge in [-0.1, -0.05) is 31.2 Å². The van der Waals surface area contributed by atoms with E-state index in [0.29, 0.717) is 43.1 Å². The molecule has 0 fully saturated rings. The summed E-state index contributed by atoms with van der Waals surface area (Å²) in [6.45, 7) is 5.57. The lowest BCUT2D eigenvalue weighted by molar-refractivity contribution is -0.137. The number of anilines is 2. The van der Waals surface area contributed by atoms with Crippen LogP contribution in [0.15, 0.2) is 54.9 Å². The zero-order valence-corrected chi connectivity index (χ0v) is 19.4. The van der Waals surface area contributed by atoms with E-state index >= 15 is 0 Å². The Balaban J connectivity index is 1.86. The van der Waals surface area contributed by atoms with Crippen molar-refractivity contribution < 1.29 is 17.6 Å². The fourth-order valence-corrected chi connectivity index (χ4v) is 3.91. The van der Waals surface area contributed by atoms with E-state index in [1.807, 2.05) is 18.7 Å². The highest BCUT2D eigenvalue weighted by molar-refractivity contribution is 5.83. The maximum absolute atomic E-state index is 13.4. The second-order valence-corrected chi connectivity index (χ2v) is 7.83. The average Bonchev–Trinajstić information content (AvgIpc) is 2.84. The summed E-state index contributed by atoms with van der Waals surface area (Å²) in [5.74, 6) is 0.412. The molecule has 1 heterocycles. The maximum atomic E-state index is 13.4. The lowest BCUT2D eigenvalue weighted by atomic mass is 10.0. The molecule has 3 aromatic rings. The summed E-state index contributed by atoms with van der Waals surface area (Å²) in [6, 6.07) is 12.0. The molecule has 0 bridgehead atoms. The fraction of sp³-hybridized carbons (Fsp3) is 0.320. The van der Waals surface area contributed by atoms with Gasteiger partial charge in [0.1, 0.15) is 29.8 Å². The molecule has 0 radical (unpaired) electrons. The third-order valence-corrected chi connectivity index (χ3v) is 5.75. The highest BCUT2D eigenvalue weighted by Gasteiger charge is 2.31. The second kappa shape index (κ2) is 11.1. The number of nitriles is 1. The number of hydrogen-bond donors (Lipinski definition) is 1. The van der Waals surface area contributed by atoms with Gasteiger partial charge in [-0.3, -0.25) is 4.90 Å². The van der Waals surface area contributed by atoms with Crippen LogP contribution in [0.5, 0.6) is 0 Å². The molecule has 0 saturated heterocycles. The minimum Gasteiger partial charge on any atom is -0.383 e. The van der Waals surface area contributed by atoms with Crippen LogP contribution in [0.3, 0.4) is 0 Å². The van der Waals surface area contributed by atoms with Gasteiger partial charge >= 0.3 is 6.18 Å². The number of alkyl halides is 3. The van der Waals surface area contributed by atoms with Crippen LogP contribution in [0.4, 0.5) is 29.2 Å². The van der Waals surface area contributed by atoms with Gasteiger partial charge in [0.05, 0.1) is 17.2 Å². The zero-order chi connectivity index (χ0) is 25.6. The molecule has 2 N–H and O–H groups in total. The summed E-state index contributed by atoms with van der Waals surface area (Å²) in [5.41, 5.74) is 6.86. The van der Waals surface area contributed by atoms with Crippen molar-refractivity contribution in [2.75, 3.05) is 36.8 Å². The molecule has 35 heavy (non-hydrogen) atoms. The molecule has 0 aliphatic carbocycles. The Morgan fingerprint density at radius 1 is 1.03 bits per heavy atom. The van der Waals surface area contributed by atoms with E-state index < -0.39 is 17.8 Å². The molecule has 1 atom stereocenters. The van der Waals surface area contributed by atoms with Crippen LogP contribution in [-0.2, 0) is 6.18 Å². The van der Waals surface area contributed by atoms with Gasteiger partial charge in [0.2, 0.25) is 0 Å². The maximum Gasteiger partial charge on any atom is 0.416 e. The van der Waals surface area contributed by atoms with Gasteiger partial charge in [-0.25, -0.2) is 14.4 Å². The van der Waals surface area contributed by atoms with Gasteiger partial charge in [-0.05, 0) is 48.9 Å². The third kappa shape index (κ3) is 6.05. The third-order valence-electron chi connectivity index (χ3n) is 5.75. The van der Waals surface area contributed by atoms with Crippen LogP contribution in [0, 0.1) is 17.1 Å². The van der Waals surface area contributed by atoms with Gasteiger partial charge in [-0.15, -0.1) is 0 Å². The van der Waals surface area contributed by atoms with Crippen molar-refractivity contribution in [2.45, 2.75) is 26.1 Å². The number of nitrogens with two attached hydrogens (primary N) is 1. The van der Waals surface area contributed by atoms with E-state index in [9.17, 15) is 22.8 Å². The van der Waals surface area contributed by atoms with E-state index in [4.69, 9.17) is 5.73 Å². The van der Waals surface area contributed by atoms with E-state index in [0.717, 1.165) is 12.1 Å². The number of benzene rings is 2. The Bertz CT molecular complexity index is 1170. The Labute approximate surface area is 201 Å². The van der Waals surface area contributed by atoms with Crippen LogP contribution < -0.4 is 10.6 Å². The average molecular weight is 487 g/mol. The topological polar surface area (TPSA) is 82.1 Å². The molecular weight excluding hydrogens is 460 g/mol. The van der Waals surface area contributed by atoms with Gasteiger partial charge < -0.3 is 10.6 Å². The molecule has 0 saturated carbocycles. The molecule has 0 amide bonds. The molecule has 1 aromatic heterocycles. The molecule has 0 spiro atoms. The molecule has 6 nitrogen and oxygen atoms in total. The van der Waals surface area contributed by atoms with Crippen LogP contribution in [0.2, 0.25) is 0 Å². The van der Waals surface area contributed by atoms with E-state index in [-0.39, 0.29) is 17.2 Å². The standard InChI is InChI=1S/C25H26F4N6/c1-3-34(21(15-30)18-6-5-7-19(14-18)25(27,28)29)12-13-35(4-2)24-22(23(31)32-16-33-24)17-8-10-20(26)11-9-17/h5-11,14,16,21H,3-4,12-13H2,1-2H3,(H2,31,32,33). The predicted molar refractivity (Wildman–Crippen MR) is 127 cm³/mol. The molecule has 2 aromatic carbocycles. The van der Waals surface area contributed by atoms with Crippen molar-refractivity contribution in [1.29, 1.82) is 5.26 Å². The largest absolute Gasteiger partial charge is 0.416 e. The normalized spacial score (nSPS) is 12.4. The number of halogens is 4. The minimum absolute atomic E-state index is 0.242. The van der Waals surface area contributed by atoms with Gasteiger partial charge in [0, 0.05) is 19.6 Å². The summed E-state index contributed by atoms with van der Waals surface area (Å²) in [7, 11) is 0. The number of nitrogens with zero attached hydrogens (tertiary/aromatic N) is 5. The smallest absolute Gasteiger partial charge is 0.383 e. The molecule has 1 unspecified atom stereocenters. The van der Waals surface area contributed by atoms with E-state index in [1.165, 1.54) is 30.6 Å². The Morgan fingerprint density at radius 2 is 1.74 bits per heavy atom. The van der Waals surface area contributed by atoms with Gasteiger partial charge in [-0.2, -0.15) is 18.4 Å². The number of rotatable bonds is 9. The molecule has 0 aliphatic rings. The monoisotopic (exact) mass is 486 g/mol. The van der Waals surface area contributed by atoms with Crippen molar-refractivity contribution in [3.8, 4) is 17.2 Å². The molecule has 10 heteroatoms. The lowest BCUT2D eigenvalue weighted by Gasteiger charge is -2.31. The van der Waals surface area contributed by atoms with Crippen molar-refractivity contribution in [1.82, 2.24) is 14.9 Å². The highest BCUT2D eigenvalue weighted by Crippen LogP contribution is 2.34. The molecular formula is C25H26F4N6. The number of nitrogen functional groups attached to an aromatic ring is 1. The molecule has 0 aliphatic heterocycles. The Kier molecular flexibility index (Phi) is 8.25. The minimum atomic E-state index is -4.49. The van der Waals surface area contributed by atoms with Gasteiger partial charge in [0.25, 0.3) is 0 Å². The summed E-state index contributed by atoms with van der Waals surface area (Å²) < 4.78 is 53.0. The Morgan fingerprint density at radius 3 is 2.34 bits per heavy atom. The lowest BCUT2D eigenvalue weighted by Crippen LogP contribution is -2.37. The first-order valence-corrected chi connectivity index (χ1v) is 11.1. The van der Waals surface area contributed by atoms with Crippen LogP contribution >= 0.6 is 0 Å². The van der Waals surface area contributed by atoms with E-state index in [1.54, 1.807) is 17.0 Å². The Hall–Kier alpha value is -3.71. The first-order chi connectivity index (χ1) is 16.7. The predicted octanol–water partition coefficient (Wildman–Crippen LogP) is 5.30. The SMILES string of the molecule is CCN(CCN(CC)C(C#N)c1cccc(C(F)(F)F)c1)c1ncnc(N)c1-c1ccc(F)cc1. The van der Waals surface area contributed by atoms with Gasteiger partial charge in [0.15, 0.2) is 0 Å². The highest BCUT2D eigenvalue weighted by atomic mass is 19.4. The summed E-state index contributed by atoms with van der Waals surface area (Å²) in [4.78, 5) is 12.2. The molecule has 3 rings (SSSR count). The fourth-order valence-electron chi connectivity index (χ4n) is 3.91. The second-order valence-electron chi connectivity index (χ2n) is 7.83. The summed E-state index contributed by atoms with van der Waals surface area (Å²) in [5, 5.41) is 9.81. The van der Waals surface area contributed by atoms with Crippen molar-refractivity contribution in [3.63, 3.8) is 0 Å². The van der Waals surface area contributed by atoms with Crippen LogP contribution in [0.25, 0.3) is 11.1 Å². The van der Waals surface area contributed by atoms with Crippen molar-refractivity contribution >= 4 is 11.6 Å². The zero-order valence-electron chi connectivity index (χ0n) is 19.4.